The summed E-state index contributed by atoms with van der Waals surface area (Å²) in [6.45, 7) is 6.00. The first-order valence-electron chi connectivity index (χ1n) is 12.4. The minimum Gasteiger partial charge on any atom is -0.481 e. The maximum absolute atomic E-state index is 12.3. The van der Waals surface area contributed by atoms with Gasteiger partial charge >= 0.3 is 11.9 Å². The third-order valence-corrected chi connectivity index (χ3v) is 6.87. The van der Waals surface area contributed by atoms with Crippen molar-refractivity contribution in [1.29, 1.82) is 0 Å². The van der Waals surface area contributed by atoms with Crippen LogP contribution in [0.4, 0.5) is 5.69 Å². The molecule has 6 nitrogen and oxygen atoms in total. The molecule has 0 amide bonds. The number of anilines is 1. The lowest BCUT2D eigenvalue weighted by Crippen LogP contribution is -2.34. The zero-order valence-corrected chi connectivity index (χ0v) is 20.4. The van der Waals surface area contributed by atoms with Gasteiger partial charge < -0.3 is 20.1 Å². The first kappa shape index (κ1) is 24.7. The van der Waals surface area contributed by atoms with E-state index in [1.165, 1.54) is 16.3 Å². The molecule has 0 unspecified atom stereocenters. The molecule has 35 heavy (non-hydrogen) atoms. The monoisotopic (exact) mass is 474 g/mol. The number of nitrogens with zero attached hydrogens (tertiary/aromatic N) is 1. The minimum atomic E-state index is -0.825. The number of carbonyl (C=O) groups excluding carboxylic acids is 1. The molecule has 0 radical (unpaired) electrons. The molecule has 0 bridgehead atoms. The molecule has 2 N–H and O–H groups in total. The van der Waals surface area contributed by atoms with Crippen LogP contribution < -0.4 is 10.2 Å². The lowest BCUT2D eigenvalue weighted by atomic mass is 9.99. The zero-order chi connectivity index (χ0) is 24.8. The maximum Gasteiger partial charge on any atom is 0.338 e. The summed E-state index contributed by atoms with van der Waals surface area (Å²) in [5.74, 6) is -1.62. The molecule has 3 atom stereocenters. The quantitative estimate of drug-likeness (QED) is 0.301. The van der Waals surface area contributed by atoms with Gasteiger partial charge in [0.05, 0.1) is 18.1 Å². The molecule has 0 aliphatic carbocycles. The highest BCUT2D eigenvalue weighted by Gasteiger charge is 2.25. The van der Waals surface area contributed by atoms with Gasteiger partial charge in [-0.2, -0.15) is 0 Å². The topological polar surface area (TPSA) is 78.9 Å². The Balaban J connectivity index is 1.28. The molecule has 1 aliphatic heterocycles. The fraction of sp³-hybridized carbons (Fsp3) is 0.379. The van der Waals surface area contributed by atoms with E-state index in [0.717, 1.165) is 25.2 Å². The standard InChI is InChI=1S/C29H34N2O4/c1-20(28(32)33)7-6-18-35-29(34)23-12-14-25(15-13-23)31-17-16-24(19-31)30-21(2)26-11-5-9-22-8-3-4-10-27(22)26/h3-5,8-15,20-21,24,30H,6-7,16-19H2,1-2H3,(H,32,33)/t20-,21-,24+/m1/s1. The summed E-state index contributed by atoms with van der Waals surface area (Å²) in [7, 11) is 0. The van der Waals surface area contributed by atoms with Gasteiger partial charge in [-0.05, 0) is 66.8 Å². The average Bonchev–Trinajstić information content (AvgIpc) is 3.34. The minimum absolute atomic E-state index is 0.229. The first-order valence-corrected chi connectivity index (χ1v) is 12.4. The molecule has 1 aliphatic rings. The molecule has 184 valence electrons. The Labute approximate surface area is 206 Å². The fourth-order valence-electron chi connectivity index (χ4n) is 4.77. The number of nitrogens with one attached hydrogen (secondary N) is 1. The van der Waals surface area contributed by atoms with Crippen LogP contribution in [0.2, 0.25) is 0 Å². The van der Waals surface area contributed by atoms with Crippen LogP contribution in [0.25, 0.3) is 10.8 Å². The van der Waals surface area contributed by atoms with E-state index in [0.29, 0.717) is 24.4 Å². The van der Waals surface area contributed by atoms with Gasteiger partial charge in [-0.15, -0.1) is 0 Å². The van der Waals surface area contributed by atoms with Crippen LogP contribution in [0.15, 0.2) is 66.7 Å². The van der Waals surface area contributed by atoms with Crippen molar-refractivity contribution in [2.24, 2.45) is 5.92 Å². The Morgan fingerprint density at radius 3 is 2.57 bits per heavy atom. The van der Waals surface area contributed by atoms with Crippen LogP contribution in [0.5, 0.6) is 0 Å². The molecule has 0 saturated carbocycles. The van der Waals surface area contributed by atoms with Gasteiger partial charge in [-0.1, -0.05) is 49.4 Å². The predicted molar refractivity (Wildman–Crippen MR) is 139 cm³/mol. The van der Waals surface area contributed by atoms with Gasteiger partial charge in [0.2, 0.25) is 0 Å². The normalized spacial score (nSPS) is 17.3. The first-order chi connectivity index (χ1) is 16.9. The summed E-state index contributed by atoms with van der Waals surface area (Å²) in [5, 5.41) is 15.3. The van der Waals surface area contributed by atoms with Crippen molar-refractivity contribution in [3.63, 3.8) is 0 Å². The largest absolute Gasteiger partial charge is 0.481 e. The van der Waals surface area contributed by atoms with Crippen molar-refractivity contribution in [2.75, 3.05) is 24.6 Å². The van der Waals surface area contributed by atoms with Crippen molar-refractivity contribution in [1.82, 2.24) is 5.32 Å². The number of fused-ring (bicyclic) bond motifs is 1. The molecule has 4 rings (SSSR count). The predicted octanol–water partition coefficient (Wildman–Crippen LogP) is 5.43. The lowest BCUT2D eigenvalue weighted by Gasteiger charge is -2.23. The summed E-state index contributed by atoms with van der Waals surface area (Å²) < 4.78 is 5.30. The van der Waals surface area contributed by atoms with Gasteiger partial charge in [0.15, 0.2) is 0 Å². The lowest BCUT2D eigenvalue weighted by molar-refractivity contribution is -0.141. The number of ether oxygens (including phenoxy) is 1. The number of carboxylic acid groups (broad SMARTS) is 1. The van der Waals surface area contributed by atoms with E-state index in [1.807, 2.05) is 12.1 Å². The summed E-state index contributed by atoms with van der Waals surface area (Å²) in [6, 6.07) is 23.2. The second-order valence-corrected chi connectivity index (χ2v) is 9.45. The highest BCUT2D eigenvalue weighted by atomic mass is 16.5. The summed E-state index contributed by atoms with van der Waals surface area (Å²) in [6.07, 6.45) is 2.09. The number of rotatable bonds is 10. The van der Waals surface area contributed by atoms with Crippen LogP contribution in [0.3, 0.4) is 0 Å². The molecule has 3 aromatic carbocycles. The number of hydrogen-bond acceptors (Lipinski definition) is 5. The number of aliphatic carboxylic acids is 1. The Bertz CT molecular complexity index is 1160. The van der Waals surface area contributed by atoms with Gasteiger partial charge in [0, 0.05) is 30.9 Å². The summed E-state index contributed by atoms with van der Waals surface area (Å²) in [5.41, 5.74) is 2.93. The maximum atomic E-state index is 12.3. The highest BCUT2D eigenvalue weighted by molar-refractivity contribution is 5.90. The molecule has 3 aromatic rings. The number of carboxylic acids is 1. The number of esters is 1. The second kappa shape index (κ2) is 11.4. The van der Waals surface area contributed by atoms with E-state index < -0.39 is 11.9 Å². The number of benzene rings is 3. The van der Waals surface area contributed by atoms with E-state index in [2.05, 4.69) is 59.6 Å². The van der Waals surface area contributed by atoms with Gasteiger partial charge in [-0.25, -0.2) is 4.79 Å². The van der Waals surface area contributed by atoms with Crippen molar-refractivity contribution in [3.8, 4) is 0 Å². The molecular formula is C29H34N2O4. The van der Waals surface area contributed by atoms with Crippen molar-refractivity contribution in [3.05, 3.63) is 77.9 Å². The molecule has 1 heterocycles. The Morgan fingerprint density at radius 1 is 1.06 bits per heavy atom. The van der Waals surface area contributed by atoms with Crippen LogP contribution in [0.1, 0.15) is 55.1 Å². The fourth-order valence-corrected chi connectivity index (χ4v) is 4.77. The van der Waals surface area contributed by atoms with Crippen LogP contribution in [0, 0.1) is 5.92 Å². The molecule has 1 fully saturated rings. The Kier molecular flexibility index (Phi) is 8.03. The third kappa shape index (κ3) is 6.20. The summed E-state index contributed by atoms with van der Waals surface area (Å²) in [4.78, 5) is 25.5. The molecule has 0 aromatic heterocycles. The van der Waals surface area contributed by atoms with E-state index in [1.54, 1.807) is 19.1 Å². The molecule has 1 saturated heterocycles. The van der Waals surface area contributed by atoms with Crippen LogP contribution >= 0.6 is 0 Å². The molecular weight excluding hydrogens is 440 g/mol. The third-order valence-electron chi connectivity index (χ3n) is 6.87. The second-order valence-electron chi connectivity index (χ2n) is 9.45. The zero-order valence-electron chi connectivity index (χ0n) is 20.4. The molecule has 6 heteroatoms. The average molecular weight is 475 g/mol. The Morgan fingerprint density at radius 2 is 1.80 bits per heavy atom. The summed E-state index contributed by atoms with van der Waals surface area (Å²) >= 11 is 0. The van der Waals surface area contributed by atoms with Crippen LogP contribution in [-0.2, 0) is 9.53 Å². The van der Waals surface area contributed by atoms with E-state index >= 15 is 0 Å². The highest BCUT2D eigenvalue weighted by Crippen LogP contribution is 2.27. The SMILES string of the molecule is C[C@H](CCCOC(=O)c1ccc(N2CC[C@H](N[C@H](C)c3cccc4ccccc34)C2)cc1)C(=O)O. The van der Waals surface area contributed by atoms with E-state index in [-0.39, 0.29) is 18.6 Å². The van der Waals surface area contributed by atoms with Crippen LogP contribution in [-0.4, -0.2) is 42.8 Å². The van der Waals surface area contributed by atoms with Crippen molar-refractivity contribution >= 4 is 28.4 Å². The van der Waals surface area contributed by atoms with Crippen molar-refractivity contribution < 1.29 is 19.4 Å². The number of hydrogen-bond donors (Lipinski definition) is 2. The molecule has 0 spiro atoms. The van der Waals surface area contributed by atoms with Gasteiger partial charge in [0.1, 0.15) is 0 Å². The van der Waals surface area contributed by atoms with Crippen molar-refractivity contribution in [2.45, 2.75) is 45.2 Å². The van der Waals surface area contributed by atoms with E-state index in [4.69, 9.17) is 9.84 Å². The smallest absolute Gasteiger partial charge is 0.338 e. The van der Waals surface area contributed by atoms with E-state index in [9.17, 15) is 9.59 Å². The Hall–Kier alpha value is -3.38. The number of carbonyl (C=O) groups is 2. The van der Waals surface area contributed by atoms with Gasteiger partial charge in [0.25, 0.3) is 0 Å². The van der Waals surface area contributed by atoms with Gasteiger partial charge in [-0.3, -0.25) is 4.79 Å².